The van der Waals surface area contributed by atoms with Crippen LogP contribution in [0.5, 0.6) is 5.75 Å². The van der Waals surface area contributed by atoms with Gasteiger partial charge in [0.2, 0.25) is 23.8 Å². The van der Waals surface area contributed by atoms with E-state index in [1.807, 2.05) is 198 Å². The number of ether oxygens (including phenoxy) is 1. The first-order valence-corrected chi connectivity index (χ1v) is 38.4. The number of rotatable bonds is 19. The second-order valence-electron chi connectivity index (χ2n) is 25.3. The number of thiophene rings is 4. The highest BCUT2D eigenvalue weighted by molar-refractivity contribution is 7.18. The van der Waals surface area contributed by atoms with Gasteiger partial charge in [0.15, 0.2) is 23.3 Å². The fraction of sp³-hybridized carbons (Fsp3) is 0.0494. The van der Waals surface area contributed by atoms with Crippen molar-refractivity contribution in [3.05, 3.63) is 257 Å². The van der Waals surface area contributed by atoms with Crippen LogP contribution in [0.3, 0.4) is 0 Å². The molecule has 0 saturated carbocycles. The molecular weight excluding hydrogens is 1480 g/mol. The number of methoxy groups -OCH3 is 1. The number of aryl methyl sites for hydroxylation is 1. The van der Waals surface area contributed by atoms with Crippen molar-refractivity contribution in [1.29, 1.82) is 5.26 Å². The average molecular weight is 1550 g/mol. The van der Waals surface area contributed by atoms with Crippen LogP contribution in [0.4, 0.5) is 92.6 Å². The Labute approximate surface area is 652 Å². The minimum Gasteiger partial charge on any atom is -0.497 e. The molecule has 0 bridgehead atoms. The molecule has 0 fully saturated rings. The average Bonchev–Trinajstić information content (AvgIpc) is 1.61. The molecular formula is C81H63N25O2S4. The van der Waals surface area contributed by atoms with Crippen molar-refractivity contribution in [2.45, 2.75) is 13.3 Å². The summed E-state index contributed by atoms with van der Waals surface area (Å²) in [5, 5.41) is 85.0. The molecule has 12 aromatic heterocycles. The third-order valence-corrected chi connectivity index (χ3v) is 21.2. The zero-order valence-electron chi connectivity index (χ0n) is 59.3. The molecule has 0 aliphatic rings. The fourth-order valence-corrected chi connectivity index (χ4v) is 15.1. The van der Waals surface area contributed by atoms with Crippen LogP contribution < -0.4 is 47.3 Å². The predicted molar refractivity (Wildman–Crippen MR) is 453 cm³/mol. The highest BCUT2D eigenvalue weighted by atomic mass is 32.1. The van der Waals surface area contributed by atoms with Gasteiger partial charge >= 0.3 is 0 Å². The second kappa shape index (κ2) is 32.1. The van der Waals surface area contributed by atoms with Gasteiger partial charge in [0.25, 0.3) is 0 Å². The first kappa shape index (κ1) is 70.4. The smallest absolute Gasteiger partial charge is 0.229 e. The van der Waals surface area contributed by atoms with Crippen LogP contribution in [-0.4, -0.2) is 99.5 Å². The summed E-state index contributed by atoms with van der Waals surface area (Å²) < 4.78 is 9.30. The largest absolute Gasteiger partial charge is 0.497 e. The summed E-state index contributed by atoms with van der Waals surface area (Å²) in [6.07, 6.45) is 7.85. The minimum absolute atomic E-state index is 0.143. The van der Waals surface area contributed by atoms with Crippen LogP contribution in [-0.2, 0) is 6.42 Å². The van der Waals surface area contributed by atoms with Crippen molar-refractivity contribution >= 4 is 222 Å². The Morgan fingerprint density at radius 1 is 0.366 bits per heavy atom. The Hall–Kier alpha value is -14.6. The molecule has 112 heavy (non-hydrogen) atoms. The maximum absolute atomic E-state index is 9.06. The van der Waals surface area contributed by atoms with E-state index in [1.165, 1.54) is 5.56 Å². The zero-order chi connectivity index (χ0) is 75.7. The van der Waals surface area contributed by atoms with E-state index in [0.717, 1.165) is 165 Å². The number of aromatic amines is 4. The summed E-state index contributed by atoms with van der Waals surface area (Å²) in [6, 6.07) is 65.1. The van der Waals surface area contributed by atoms with Gasteiger partial charge in [-0.05, 0) is 198 Å². The molecule has 13 N–H and O–H groups in total. The molecule has 0 unspecified atom stereocenters. The first-order chi connectivity index (χ1) is 55.1. The number of nitrogens with zero attached hydrogens (tertiary/aromatic N) is 13. The van der Waals surface area contributed by atoms with Crippen LogP contribution >= 0.6 is 45.3 Å². The molecule has 0 spiro atoms. The molecule has 8 aromatic carbocycles. The number of aliphatic hydroxyl groups excluding tert-OH is 1. The summed E-state index contributed by atoms with van der Waals surface area (Å²) >= 11 is 6.42. The van der Waals surface area contributed by atoms with E-state index in [2.05, 4.69) is 133 Å². The Morgan fingerprint density at radius 2 is 0.688 bits per heavy atom. The molecule has 20 aromatic rings. The second-order valence-corrected chi connectivity index (χ2v) is 28.9. The van der Waals surface area contributed by atoms with Crippen molar-refractivity contribution < 1.29 is 9.84 Å². The number of hydrogen-bond donors (Lipinski definition) is 13. The van der Waals surface area contributed by atoms with Crippen molar-refractivity contribution in [2.75, 3.05) is 56.3 Å². The van der Waals surface area contributed by atoms with Gasteiger partial charge < -0.3 is 52.4 Å². The molecule has 0 atom stereocenters. The lowest BCUT2D eigenvalue weighted by atomic mass is 10.1. The van der Waals surface area contributed by atoms with E-state index in [0.29, 0.717) is 35.8 Å². The number of H-pyrrole nitrogens is 4. The third-order valence-electron chi connectivity index (χ3n) is 17.5. The van der Waals surface area contributed by atoms with Crippen LogP contribution in [0, 0.1) is 18.3 Å². The standard InChI is InChI=1S/C21H18N6OS.C20H13N7S.C20H16N6OS.C20H16N6S/c28-9-7-13-1-3-15(4-2-13)24-21-25-18-8-10-29-19(18)20(26-21)23-16-5-6-17-14(11-16)12-22-27-17;21-10-12-1-3-14(4-2-12)24-20-25-17-7-8-28-18(17)19(26-20)23-15-5-6-16-13(9-15)11-22-27-16;1-27-15-4-2-3-13(10-15)23-20-24-17-7-8-28-18(17)19(25-20)22-14-5-6-16-12(9-14)11-21-26-16;1-12-2-4-14(5-3-12)23-20-24-17-8-9-27-18(17)19(25-20)22-15-6-7-16-13(10-15)11-21-26-16/h1-6,8,10-12,28H,7,9H2,(H,22,27)(H2,23,24,25,26);1-9,11H,(H,22,27)(H2,23,24,25,26);2-11H,1H3,(H,21,26)(H2,22,23,24,25);2-11H,1H3,(H,21,26)(H2,22,23,24,25). The van der Waals surface area contributed by atoms with Crippen LogP contribution in [0.1, 0.15) is 16.7 Å². The van der Waals surface area contributed by atoms with Gasteiger partial charge in [-0.15, -0.1) is 45.3 Å². The number of fused-ring (bicyclic) bond motifs is 8. The lowest BCUT2D eigenvalue weighted by Gasteiger charge is -2.11. The molecule has 27 nitrogen and oxygen atoms in total. The van der Waals surface area contributed by atoms with Crippen LogP contribution in [0.15, 0.2) is 240 Å². The molecule has 0 aliphatic heterocycles. The number of anilines is 16. The summed E-state index contributed by atoms with van der Waals surface area (Å²) in [5.74, 6) is 5.91. The van der Waals surface area contributed by atoms with Gasteiger partial charge in [-0.2, -0.15) is 45.6 Å². The Bertz CT molecular complexity index is 6740. The highest BCUT2D eigenvalue weighted by Gasteiger charge is 2.17. The summed E-state index contributed by atoms with van der Waals surface area (Å²) in [4.78, 5) is 37.2. The maximum atomic E-state index is 9.06. The summed E-state index contributed by atoms with van der Waals surface area (Å²) in [7, 11) is 1.64. The number of hydrogen-bond acceptors (Lipinski definition) is 27. The van der Waals surface area contributed by atoms with Gasteiger partial charge in [0.05, 0.1) is 106 Å². The van der Waals surface area contributed by atoms with Crippen LogP contribution in [0.2, 0.25) is 0 Å². The fourth-order valence-electron chi connectivity index (χ4n) is 12.0. The molecule has 0 saturated heterocycles. The molecule has 31 heteroatoms. The van der Waals surface area contributed by atoms with Crippen molar-refractivity contribution in [2.24, 2.45) is 0 Å². The Kier molecular flexibility index (Phi) is 20.2. The van der Waals surface area contributed by atoms with E-state index >= 15 is 0 Å². The number of aliphatic hydroxyl groups is 1. The Morgan fingerprint density at radius 3 is 1.03 bits per heavy atom. The van der Waals surface area contributed by atoms with Crippen molar-refractivity contribution in [3.63, 3.8) is 0 Å². The van der Waals surface area contributed by atoms with Crippen LogP contribution in [0.25, 0.3) is 84.5 Å². The van der Waals surface area contributed by atoms with Gasteiger partial charge in [-0.3, -0.25) is 20.4 Å². The van der Waals surface area contributed by atoms with E-state index < -0.39 is 0 Å². The third kappa shape index (κ3) is 16.3. The molecule has 20 rings (SSSR count). The molecule has 12 heterocycles. The number of nitriles is 1. The van der Waals surface area contributed by atoms with E-state index in [-0.39, 0.29) is 6.61 Å². The Balaban J connectivity index is 0.000000108. The highest BCUT2D eigenvalue weighted by Crippen LogP contribution is 2.37. The topological polar surface area (TPSA) is 367 Å². The normalized spacial score (nSPS) is 11.1. The molecule has 0 aliphatic carbocycles. The number of nitrogens with one attached hydrogen (secondary N) is 12. The molecule has 0 radical (unpaired) electrons. The first-order valence-electron chi connectivity index (χ1n) is 34.9. The van der Waals surface area contributed by atoms with Gasteiger partial charge in [0.1, 0.15) is 5.75 Å². The van der Waals surface area contributed by atoms with Crippen molar-refractivity contribution in [3.8, 4) is 11.8 Å². The van der Waals surface area contributed by atoms with E-state index in [4.69, 9.17) is 30.1 Å². The van der Waals surface area contributed by atoms with E-state index in [1.54, 1.807) is 83.2 Å². The van der Waals surface area contributed by atoms with Gasteiger partial charge in [0, 0.05) is 79.7 Å². The minimum atomic E-state index is 0.143. The molecule has 548 valence electrons. The summed E-state index contributed by atoms with van der Waals surface area (Å²) in [6.45, 7) is 2.21. The lowest BCUT2D eigenvalue weighted by molar-refractivity contribution is 0.299. The maximum Gasteiger partial charge on any atom is 0.229 e. The SMILES string of the molecule is COc1cccc(Nc2nc(Nc3ccc4[nH]ncc4c3)c3sccc3n2)c1.Cc1ccc(Nc2nc(Nc3ccc4[nH]ncc4c3)c3sccc3n2)cc1.N#Cc1ccc(Nc2nc(Nc3ccc4[nH]ncc4c3)c3sccc3n2)cc1.OCCc1ccc(Nc2nc(Nc3ccc4[nH]ncc4c3)c3sccc3n2)cc1. The monoisotopic (exact) mass is 1550 g/mol. The van der Waals surface area contributed by atoms with Crippen molar-refractivity contribution in [1.82, 2.24) is 80.7 Å². The summed E-state index contributed by atoms with van der Waals surface area (Å²) in [5.41, 5.74) is 17.7. The molecule has 0 amide bonds. The van der Waals surface area contributed by atoms with Gasteiger partial charge in [-0.25, -0.2) is 19.9 Å². The number of aromatic nitrogens is 16. The zero-order valence-corrected chi connectivity index (χ0v) is 62.6. The predicted octanol–water partition coefficient (Wildman–Crippen LogP) is 19.9. The van der Waals surface area contributed by atoms with Gasteiger partial charge in [-0.1, -0.05) is 35.9 Å². The van der Waals surface area contributed by atoms with E-state index in [9.17, 15) is 0 Å². The lowest BCUT2D eigenvalue weighted by Crippen LogP contribution is -2.01. The number of benzene rings is 8. The quantitative estimate of drug-likeness (QED) is 0.0358.